The number of hydrogen-bond acceptors (Lipinski definition) is 4. The Morgan fingerprint density at radius 2 is 2.18 bits per heavy atom. The highest BCUT2D eigenvalue weighted by Gasteiger charge is 2.20. The van der Waals surface area contributed by atoms with Gasteiger partial charge in [-0.2, -0.15) is 0 Å². The Balaban J connectivity index is 2.64. The van der Waals surface area contributed by atoms with E-state index in [9.17, 15) is 4.79 Å². The van der Waals surface area contributed by atoms with Crippen LogP contribution in [-0.4, -0.2) is 21.7 Å². The highest BCUT2D eigenvalue weighted by molar-refractivity contribution is 8.00. The van der Waals surface area contributed by atoms with Gasteiger partial charge < -0.3 is 11.1 Å². The molecule has 0 bridgehead atoms. The van der Waals surface area contributed by atoms with E-state index in [1.807, 2.05) is 33.8 Å². The Labute approximate surface area is 106 Å². The molecule has 1 rings (SSSR count). The summed E-state index contributed by atoms with van der Waals surface area (Å²) >= 11 is 1.44. The number of anilines is 1. The van der Waals surface area contributed by atoms with Gasteiger partial charge in [-0.15, -0.1) is 11.8 Å². The summed E-state index contributed by atoms with van der Waals surface area (Å²) in [5, 5.41) is 2.76. The summed E-state index contributed by atoms with van der Waals surface area (Å²) in [6.07, 6.45) is 3.27. The average Bonchev–Trinajstić information content (AvgIpc) is 2.18. The van der Waals surface area contributed by atoms with Crippen molar-refractivity contribution in [2.45, 2.75) is 43.4 Å². The number of aromatic nitrogens is 1. The van der Waals surface area contributed by atoms with E-state index < -0.39 is 0 Å². The molecule has 0 radical (unpaired) electrons. The number of nitrogen functional groups attached to an aromatic ring is 1. The molecular weight excluding hydrogens is 234 g/mol. The smallest absolute Gasteiger partial charge is 0.233 e. The van der Waals surface area contributed by atoms with Crippen molar-refractivity contribution >= 4 is 23.4 Å². The van der Waals surface area contributed by atoms with Gasteiger partial charge in [0.25, 0.3) is 0 Å². The predicted molar refractivity (Wildman–Crippen MR) is 71.9 cm³/mol. The summed E-state index contributed by atoms with van der Waals surface area (Å²) in [7, 11) is 0. The van der Waals surface area contributed by atoms with Crippen LogP contribution in [0.2, 0.25) is 0 Å². The Morgan fingerprint density at radius 1 is 1.53 bits per heavy atom. The van der Waals surface area contributed by atoms with Gasteiger partial charge in [-0.05, 0) is 33.8 Å². The molecule has 0 saturated heterocycles. The van der Waals surface area contributed by atoms with Crippen LogP contribution in [0.5, 0.6) is 0 Å². The van der Waals surface area contributed by atoms with Gasteiger partial charge in [0.15, 0.2) is 0 Å². The molecule has 0 spiro atoms. The largest absolute Gasteiger partial charge is 0.397 e. The van der Waals surface area contributed by atoms with Crippen LogP contribution < -0.4 is 11.1 Å². The zero-order valence-corrected chi connectivity index (χ0v) is 11.5. The molecule has 94 valence electrons. The second-order valence-electron chi connectivity index (χ2n) is 4.91. The minimum absolute atomic E-state index is 0.0127. The molecule has 4 nitrogen and oxygen atoms in total. The molecule has 0 aliphatic carbocycles. The van der Waals surface area contributed by atoms with E-state index in [0.29, 0.717) is 5.69 Å². The van der Waals surface area contributed by atoms with Gasteiger partial charge in [-0.25, -0.2) is 0 Å². The molecule has 17 heavy (non-hydrogen) atoms. The van der Waals surface area contributed by atoms with Crippen LogP contribution in [0.15, 0.2) is 23.4 Å². The average molecular weight is 253 g/mol. The third-order valence-corrected chi connectivity index (χ3v) is 3.17. The monoisotopic (exact) mass is 253 g/mol. The summed E-state index contributed by atoms with van der Waals surface area (Å²) < 4.78 is 0. The molecule has 0 fully saturated rings. The molecule has 0 saturated carbocycles. The quantitative estimate of drug-likeness (QED) is 0.809. The minimum Gasteiger partial charge on any atom is -0.397 e. The lowest BCUT2D eigenvalue weighted by Gasteiger charge is -2.23. The van der Waals surface area contributed by atoms with Crippen LogP contribution in [-0.2, 0) is 4.79 Å². The first-order valence-electron chi connectivity index (χ1n) is 5.48. The molecule has 1 aromatic heterocycles. The third kappa shape index (κ3) is 4.65. The normalized spacial score (nSPS) is 13.2. The van der Waals surface area contributed by atoms with Crippen molar-refractivity contribution in [2.75, 3.05) is 5.73 Å². The van der Waals surface area contributed by atoms with Gasteiger partial charge in [0.1, 0.15) is 0 Å². The van der Waals surface area contributed by atoms with Crippen molar-refractivity contribution in [1.29, 1.82) is 0 Å². The van der Waals surface area contributed by atoms with Gasteiger partial charge in [0.05, 0.1) is 17.1 Å². The third-order valence-electron chi connectivity index (χ3n) is 1.98. The zero-order valence-electron chi connectivity index (χ0n) is 10.7. The second kappa shape index (κ2) is 5.40. The number of rotatable bonds is 3. The topological polar surface area (TPSA) is 68.0 Å². The molecule has 3 N–H and O–H groups in total. The standard InChI is InChI=1S/C12H19N3OS/c1-8(11(16)15-12(2,3)4)17-10-5-6-14-7-9(10)13/h5-8H,13H2,1-4H3,(H,15,16). The van der Waals surface area contributed by atoms with Crippen LogP contribution in [0.4, 0.5) is 5.69 Å². The Kier molecular flexibility index (Phi) is 4.40. The molecule has 5 heteroatoms. The van der Waals surface area contributed by atoms with E-state index in [1.54, 1.807) is 12.4 Å². The van der Waals surface area contributed by atoms with E-state index in [2.05, 4.69) is 10.3 Å². The molecule has 1 amide bonds. The van der Waals surface area contributed by atoms with Crippen molar-refractivity contribution in [1.82, 2.24) is 10.3 Å². The van der Waals surface area contributed by atoms with Crippen molar-refractivity contribution in [3.05, 3.63) is 18.5 Å². The summed E-state index contributed by atoms with van der Waals surface area (Å²) in [6, 6.07) is 1.82. The lowest BCUT2D eigenvalue weighted by atomic mass is 10.1. The van der Waals surface area contributed by atoms with E-state index >= 15 is 0 Å². The van der Waals surface area contributed by atoms with Crippen molar-refractivity contribution < 1.29 is 4.79 Å². The Morgan fingerprint density at radius 3 is 2.71 bits per heavy atom. The second-order valence-corrected chi connectivity index (χ2v) is 6.30. The molecule has 1 aromatic rings. The summed E-state index contributed by atoms with van der Waals surface area (Å²) in [6.45, 7) is 7.75. The van der Waals surface area contributed by atoms with E-state index in [-0.39, 0.29) is 16.7 Å². The van der Waals surface area contributed by atoms with Gasteiger partial charge in [-0.1, -0.05) is 0 Å². The minimum atomic E-state index is -0.213. The van der Waals surface area contributed by atoms with E-state index in [1.165, 1.54) is 11.8 Å². The molecule has 1 unspecified atom stereocenters. The summed E-state index contributed by atoms with van der Waals surface area (Å²) in [4.78, 5) is 16.7. The number of hydrogen-bond donors (Lipinski definition) is 2. The fourth-order valence-electron chi connectivity index (χ4n) is 1.22. The van der Waals surface area contributed by atoms with Gasteiger partial charge in [0, 0.05) is 16.6 Å². The summed E-state index contributed by atoms with van der Waals surface area (Å²) in [5.41, 5.74) is 6.17. The lowest BCUT2D eigenvalue weighted by molar-refractivity contribution is -0.121. The number of nitrogens with one attached hydrogen (secondary N) is 1. The van der Waals surface area contributed by atoms with E-state index in [4.69, 9.17) is 5.73 Å². The molecule has 1 atom stereocenters. The molecule has 1 heterocycles. The molecular formula is C12H19N3OS. The van der Waals surface area contributed by atoms with Crippen LogP contribution in [0.25, 0.3) is 0 Å². The lowest BCUT2D eigenvalue weighted by Crippen LogP contribution is -2.44. The summed E-state index contributed by atoms with van der Waals surface area (Å²) in [5.74, 6) is 0.0127. The maximum atomic E-state index is 11.9. The maximum Gasteiger partial charge on any atom is 0.233 e. The van der Waals surface area contributed by atoms with Gasteiger partial charge in [0.2, 0.25) is 5.91 Å². The van der Waals surface area contributed by atoms with Crippen LogP contribution in [0.1, 0.15) is 27.7 Å². The van der Waals surface area contributed by atoms with Crippen LogP contribution in [0.3, 0.4) is 0 Å². The highest BCUT2D eigenvalue weighted by Crippen LogP contribution is 2.27. The molecule has 0 aromatic carbocycles. The SMILES string of the molecule is CC(Sc1ccncc1N)C(=O)NC(C)(C)C. The number of amides is 1. The number of carbonyl (C=O) groups is 1. The van der Waals surface area contributed by atoms with Crippen molar-refractivity contribution in [3.63, 3.8) is 0 Å². The Bertz CT molecular complexity index is 401. The number of thioether (sulfide) groups is 1. The first kappa shape index (κ1) is 13.8. The van der Waals surface area contributed by atoms with Crippen molar-refractivity contribution in [3.8, 4) is 0 Å². The van der Waals surface area contributed by atoms with Crippen LogP contribution >= 0.6 is 11.8 Å². The molecule has 0 aliphatic rings. The number of pyridine rings is 1. The Hall–Kier alpha value is -1.23. The zero-order chi connectivity index (χ0) is 13.1. The highest BCUT2D eigenvalue weighted by atomic mass is 32.2. The first-order chi connectivity index (χ1) is 7.79. The number of carbonyl (C=O) groups excluding carboxylic acids is 1. The van der Waals surface area contributed by atoms with Gasteiger partial charge >= 0.3 is 0 Å². The fourth-order valence-corrected chi connectivity index (χ4v) is 2.09. The van der Waals surface area contributed by atoms with Crippen LogP contribution in [0, 0.1) is 0 Å². The maximum absolute atomic E-state index is 11.9. The van der Waals surface area contributed by atoms with E-state index in [0.717, 1.165) is 4.90 Å². The van der Waals surface area contributed by atoms with Gasteiger partial charge in [-0.3, -0.25) is 9.78 Å². The molecule has 0 aliphatic heterocycles. The first-order valence-corrected chi connectivity index (χ1v) is 6.36. The predicted octanol–water partition coefficient (Wildman–Crippen LogP) is 2.06. The fraction of sp³-hybridized carbons (Fsp3) is 0.500. The number of nitrogens with two attached hydrogens (primary N) is 1. The van der Waals surface area contributed by atoms with Crippen molar-refractivity contribution in [2.24, 2.45) is 0 Å². The number of nitrogens with zero attached hydrogens (tertiary/aromatic N) is 1.